The Morgan fingerprint density at radius 2 is 1.70 bits per heavy atom. The molecule has 0 aliphatic carbocycles. The van der Waals surface area contributed by atoms with Crippen molar-refractivity contribution < 1.29 is 22.7 Å². The second kappa shape index (κ2) is 8.33. The van der Waals surface area contributed by atoms with E-state index in [1.54, 1.807) is 24.0 Å². The monoisotopic (exact) mass is 378 g/mol. The number of halogens is 3. The highest BCUT2D eigenvalue weighted by atomic mass is 19.2. The van der Waals surface area contributed by atoms with E-state index in [0.717, 1.165) is 30.8 Å². The van der Waals surface area contributed by atoms with Crippen LogP contribution in [0.2, 0.25) is 0 Å². The number of hydrogen-bond acceptors (Lipinski definition) is 3. The average molecular weight is 378 g/mol. The number of benzene rings is 2. The van der Waals surface area contributed by atoms with Gasteiger partial charge in [0, 0.05) is 37.9 Å². The summed E-state index contributed by atoms with van der Waals surface area (Å²) in [6.07, 6.45) is -0.0479. The lowest BCUT2D eigenvalue weighted by atomic mass is 10.2. The van der Waals surface area contributed by atoms with E-state index in [1.165, 1.54) is 18.2 Å². The molecule has 7 heteroatoms. The summed E-state index contributed by atoms with van der Waals surface area (Å²) < 4.78 is 44.9. The molecule has 0 N–H and O–H groups in total. The van der Waals surface area contributed by atoms with Crippen LogP contribution < -0.4 is 9.64 Å². The number of hydrogen-bond donors (Lipinski definition) is 0. The van der Waals surface area contributed by atoms with Crippen LogP contribution in [0.15, 0.2) is 42.5 Å². The van der Waals surface area contributed by atoms with Crippen LogP contribution >= 0.6 is 0 Å². The number of nitrogens with zero attached hydrogens (tertiary/aromatic N) is 2. The molecule has 2 aromatic carbocycles. The minimum atomic E-state index is -1.02. The van der Waals surface area contributed by atoms with E-state index < -0.39 is 17.7 Å². The normalized spacial score (nSPS) is 16.0. The van der Waals surface area contributed by atoms with Gasteiger partial charge < -0.3 is 14.5 Å². The standard InChI is InChI=1S/C20H21F3N2O2/c1-14(27-17-7-8-18(22)19(23)13-17)20(26)25-10-2-9-24(11-12-25)16-5-3-15(21)4-6-16/h3-8,13-14H,2,9-12H2,1H3. The van der Waals surface area contributed by atoms with Crippen LogP contribution in [-0.4, -0.2) is 43.1 Å². The molecular weight excluding hydrogens is 357 g/mol. The molecule has 0 aromatic heterocycles. The first kappa shape index (κ1) is 19.1. The van der Waals surface area contributed by atoms with E-state index in [4.69, 9.17) is 4.74 Å². The Balaban J connectivity index is 1.59. The molecule has 1 amide bonds. The van der Waals surface area contributed by atoms with Gasteiger partial charge in [0.15, 0.2) is 17.7 Å². The quantitative estimate of drug-likeness (QED) is 0.815. The molecule has 4 nitrogen and oxygen atoms in total. The maximum absolute atomic E-state index is 13.3. The fourth-order valence-electron chi connectivity index (χ4n) is 3.11. The average Bonchev–Trinajstić information content (AvgIpc) is 2.91. The van der Waals surface area contributed by atoms with Crippen molar-refractivity contribution in [2.75, 3.05) is 31.1 Å². The van der Waals surface area contributed by atoms with Crippen LogP contribution in [0.3, 0.4) is 0 Å². The van der Waals surface area contributed by atoms with Crippen LogP contribution in [0.4, 0.5) is 18.9 Å². The number of ether oxygens (including phenoxy) is 1. The zero-order valence-electron chi connectivity index (χ0n) is 15.0. The van der Waals surface area contributed by atoms with Crippen LogP contribution in [-0.2, 0) is 4.79 Å². The molecule has 1 heterocycles. The van der Waals surface area contributed by atoms with Crippen molar-refractivity contribution >= 4 is 11.6 Å². The molecule has 1 aliphatic rings. The molecule has 0 bridgehead atoms. The summed E-state index contributed by atoms with van der Waals surface area (Å²) in [5.74, 6) is -2.36. The number of anilines is 1. The minimum absolute atomic E-state index is 0.109. The highest BCUT2D eigenvalue weighted by molar-refractivity contribution is 5.81. The lowest BCUT2D eigenvalue weighted by molar-refractivity contribution is -0.137. The zero-order valence-corrected chi connectivity index (χ0v) is 15.0. The summed E-state index contributed by atoms with van der Waals surface area (Å²) in [6.45, 7) is 4.04. The Bertz CT molecular complexity index is 798. The largest absolute Gasteiger partial charge is 0.481 e. The summed E-state index contributed by atoms with van der Waals surface area (Å²) in [5.41, 5.74) is 0.914. The first-order valence-electron chi connectivity index (χ1n) is 8.85. The molecule has 27 heavy (non-hydrogen) atoms. The van der Waals surface area contributed by atoms with E-state index in [1.807, 2.05) is 0 Å². The molecule has 0 saturated carbocycles. The summed E-state index contributed by atoms with van der Waals surface area (Å²) in [4.78, 5) is 16.5. The molecular formula is C20H21F3N2O2. The van der Waals surface area contributed by atoms with E-state index in [9.17, 15) is 18.0 Å². The first-order valence-corrected chi connectivity index (χ1v) is 8.85. The molecule has 1 atom stereocenters. The lowest BCUT2D eigenvalue weighted by Crippen LogP contribution is -2.42. The van der Waals surface area contributed by atoms with Gasteiger partial charge in [-0.2, -0.15) is 0 Å². The van der Waals surface area contributed by atoms with Crippen LogP contribution in [0.5, 0.6) is 5.75 Å². The fourth-order valence-corrected chi connectivity index (χ4v) is 3.11. The Morgan fingerprint density at radius 3 is 2.41 bits per heavy atom. The summed E-state index contributed by atoms with van der Waals surface area (Å²) >= 11 is 0. The molecule has 1 saturated heterocycles. The van der Waals surface area contributed by atoms with Crippen molar-refractivity contribution in [2.45, 2.75) is 19.4 Å². The van der Waals surface area contributed by atoms with Gasteiger partial charge in [0.1, 0.15) is 11.6 Å². The van der Waals surface area contributed by atoms with Crippen molar-refractivity contribution in [1.29, 1.82) is 0 Å². The summed E-state index contributed by atoms with van der Waals surface area (Å²) in [5, 5.41) is 0. The van der Waals surface area contributed by atoms with Crippen LogP contribution in [0, 0.1) is 17.5 Å². The third kappa shape index (κ3) is 4.72. The smallest absolute Gasteiger partial charge is 0.263 e. The van der Waals surface area contributed by atoms with E-state index in [2.05, 4.69) is 4.90 Å². The number of carbonyl (C=O) groups excluding carboxylic acids is 1. The van der Waals surface area contributed by atoms with Gasteiger partial charge in [-0.05, 0) is 49.7 Å². The number of amides is 1. The fraction of sp³-hybridized carbons (Fsp3) is 0.350. The molecule has 0 radical (unpaired) electrons. The topological polar surface area (TPSA) is 32.8 Å². The van der Waals surface area contributed by atoms with E-state index in [0.29, 0.717) is 19.6 Å². The molecule has 1 aliphatic heterocycles. The predicted molar refractivity (Wildman–Crippen MR) is 96.3 cm³/mol. The SMILES string of the molecule is CC(Oc1ccc(F)c(F)c1)C(=O)N1CCCN(c2ccc(F)cc2)CC1. The van der Waals surface area contributed by atoms with E-state index in [-0.39, 0.29) is 17.5 Å². The van der Waals surface area contributed by atoms with Gasteiger partial charge in [0.05, 0.1) is 0 Å². The maximum Gasteiger partial charge on any atom is 0.263 e. The van der Waals surface area contributed by atoms with Gasteiger partial charge in [-0.15, -0.1) is 0 Å². The van der Waals surface area contributed by atoms with E-state index >= 15 is 0 Å². The molecule has 0 spiro atoms. The summed E-state index contributed by atoms with van der Waals surface area (Å²) in [6, 6.07) is 9.47. The Labute approximate surface area is 156 Å². The second-order valence-corrected chi connectivity index (χ2v) is 6.48. The maximum atomic E-state index is 13.3. The molecule has 1 unspecified atom stereocenters. The molecule has 144 valence electrons. The predicted octanol–water partition coefficient (Wildman–Crippen LogP) is 3.61. The van der Waals surface area contributed by atoms with Crippen molar-refractivity contribution in [3.8, 4) is 5.75 Å². The zero-order chi connectivity index (χ0) is 19.4. The Morgan fingerprint density at radius 1 is 0.963 bits per heavy atom. The van der Waals surface area contributed by atoms with Gasteiger partial charge in [-0.25, -0.2) is 13.2 Å². The summed E-state index contributed by atoms with van der Waals surface area (Å²) in [7, 11) is 0. The van der Waals surface area contributed by atoms with Crippen molar-refractivity contribution in [3.05, 3.63) is 59.9 Å². The van der Waals surface area contributed by atoms with Crippen LogP contribution in [0.25, 0.3) is 0 Å². The molecule has 3 rings (SSSR count). The van der Waals surface area contributed by atoms with Gasteiger partial charge in [-0.3, -0.25) is 4.79 Å². The second-order valence-electron chi connectivity index (χ2n) is 6.48. The van der Waals surface area contributed by atoms with Gasteiger partial charge in [-0.1, -0.05) is 0 Å². The molecule has 2 aromatic rings. The van der Waals surface area contributed by atoms with Gasteiger partial charge >= 0.3 is 0 Å². The van der Waals surface area contributed by atoms with Gasteiger partial charge in [0.25, 0.3) is 5.91 Å². The number of rotatable bonds is 4. The highest BCUT2D eigenvalue weighted by Crippen LogP contribution is 2.19. The number of carbonyl (C=O) groups is 1. The Hall–Kier alpha value is -2.70. The first-order chi connectivity index (χ1) is 12.9. The lowest BCUT2D eigenvalue weighted by Gasteiger charge is -2.25. The van der Waals surface area contributed by atoms with Gasteiger partial charge in [0.2, 0.25) is 0 Å². The third-order valence-electron chi connectivity index (χ3n) is 4.55. The molecule has 1 fully saturated rings. The van der Waals surface area contributed by atoms with Crippen molar-refractivity contribution in [2.24, 2.45) is 0 Å². The van der Waals surface area contributed by atoms with Crippen molar-refractivity contribution in [3.63, 3.8) is 0 Å². The minimum Gasteiger partial charge on any atom is -0.481 e. The third-order valence-corrected chi connectivity index (χ3v) is 4.55. The van der Waals surface area contributed by atoms with Crippen molar-refractivity contribution in [1.82, 2.24) is 4.90 Å². The Kier molecular flexibility index (Phi) is 5.88. The highest BCUT2D eigenvalue weighted by Gasteiger charge is 2.25. The van der Waals surface area contributed by atoms with Crippen LogP contribution in [0.1, 0.15) is 13.3 Å².